The van der Waals surface area contributed by atoms with E-state index < -0.39 is 0 Å². The summed E-state index contributed by atoms with van der Waals surface area (Å²) in [5.74, 6) is 0.697. The molecule has 0 aliphatic carbocycles. The molecule has 0 unspecified atom stereocenters. The predicted molar refractivity (Wildman–Crippen MR) is 80.9 cm³/mol. The van der Waals surface area contributed by atoms with Crippen molar-refractivity contribution in [2.75, 3.05) is 13.1 Å². The molecule has 2 rings (SSSR count). The Kier molecular flexibility index (Phi) is 5.40. The number of nitrogens with one attached hydrogen (secondary N) is 2. The van der Waals surface area contributed by atoms with Gasteiger partial charge in [0.25, 0.3) is 0 Å². The molecule has 1 aromatic rings. The summed E-state index contributed by atoms with van der Waals surface area (Å²) in [5, 5.41) is 6.42. The number of piperidine rings is 1. The van der Waals surface area contributed by atoms with Crippen LogP contribution in [0.4, 0.5) is 0 Å². The van der Waals surface area contributed by atoms with E-state index in [4.69, 9.17) is 0 Å². The number of carbonyl (C=O) groups excluding carboxylic acids is 1. The largest absolute Gasteiger partial charge is 0.350 e. The van der Waals surface area contributed by atoms with Crippen molar-refractivity contribution in [2.24, 2.45) is 5.92 Å². The smallest absolute Gasteiger partial charge is 0.220 e. The van der Waals surface area contributed by atoms with Gasteiger partial charge in [-0.3, -0.25) is 4.79 Å². The first-order chi connectivity index (χ1) is 9.16. The van der Waals surface area contributed by atoms with Crippen molar-refractivity contribution in [1.29, 1.82) is 0 Å². The van der Waals surface area contributed by atoms with Gasteiger partial charge < -0.3 is 10.6 Å². The molecule has 1 aliphatic rings. The highest BCUT2D eigenvalue weighted by atomic mass is 79.9. The molecule has 2 N–H and O–H groups in total. The Hall–Kier alpha value is -0.870. The second kappa shape index (κ2) is 7.06. The lowest BCUT2D eigenvalue weighted by Gasteiger charge is -2.23. The Balaban J connectivity index is 1.86. The normalized spacial score (nSPS) is 18.0. The van der Waals surface area contributed by atoms with Crippen LogP contribution in [0.1, 0.15) is 37.8 Å². The van der Waals surface area contributed by atoms with E-state index in [9.17, 15) is 4.79 Å². The Morgan fingerprint density at radius 1 is 1.42 bits per heavy atom. The number of amides is 1. The summed E-state index contributed by atoms with van der Waals surface area (Å²) in [6.07, 6.45) is 2.87. The number of hydrogen-bond acceptors (Lipinski definition) is 2. The van der Waals surface area contributed by atoms with Gasteiger partial charge in [0.15, 0.2) is 0 Å². The molecule has 0 bridgehead atoms. The van der Waals surface area contributed by atoms with Gasteiger partial charge in [-0.25, -0.2) is 0 Å². The van der Waals surface area contributed by atoms with Crippen molar-refractivity contribution >= 4 is 21.8 Å². The first-order valence-electron chi connectivity index (χ1n) is 6.91. The van der Waals surface area contributed by atoms with Crippen LogP contribution in [-0.4, -0.2) is 19.0 Å². The minimum Gasteiger partial charge on any atom is -0.350 e. The van der Waals surface area contributed by atoms with Crippen LogP contribution in [0.3, 0.4) is 0 Å². The average Bonchev–Trinajstić information content (AvgIpc) is 2.40. The fourth-order valence-corrected chi connectivity index (χ4v) is 3.18. The van der Waals surface area contributed by atoms with Crippen molar-refractivity contribution in [3.05, 3.63) is 34.3 Å². The van der Waals surface area contributed by atoms with Crippen molar-refractivity contribution in [3.63, 3.8) is 0 Å². The Labute approximate surface area is 123 Å². The van der Waals surface area contributed by atoms with Crippen LogP contribution < -0.4 is 10.6 Å². The molecule has 0 radical (unpaired) electrons. The van der Waals surface area contributed by atoms with Crippen molar-refractivity contribution in [2.45, 2.75) is 32.2 Å². The van der Waals surface area contributed by atoms with Gasteiger partial charge in [0.05, 0.1) is 6.04 Å². The molecule has 1 amide bonds. The zero-order valence-corrected chi connectivity index (χ0v) is 12.9. The summed E-state index contributed by atoms with van der Waals surface area (Å²) in [6.45, 7) is 4.11. The lowest BCUT2D eigenvalue weighted by Crippen LogP contribution is -2.33. The summed E-state index contributed by atoms with van der Waals surface area (Å²) >= 11 is 3.53. The van der Waals surface area contributed by atoms with Crippen molar-refractivity contribution in [1.82, 2.24) is 10.6 Å². The Morgan fingerprint density at radius 3 is 2.79 bits per heavy atom. The van der Waals surface area contributed by atoms with E-state index in [0.717, 1.165) is 36.0 Å². The summed E-state index contributed by atoms with van der Waals surface area (Å²) in [7, 11) is 0. The van der Waals surface area contributed by atoms with Gasteiger partial charge in [-0.15, -0.1) is 0 Å². The summed E-state index contributed by atoms with van der Waals surface area (Å²) in [5.41, 5.74) is 1.13. The molecule has 3 nitrogen and oxygen atoms in total. The van der Waals surface area contributed by atoms with Crippen LogP contribution in [0.5, 0.6) is 0 Å². The summed E-state index contributed by atoms with van der Waals surface area (Å²) in [6, 6.07) is 8.07. The highest BCUT2D eigenvalue weighted by Gasteiger charge is 2.18. The molecule has 4 heteroatoms. The van der Waals surface area contributed by atoms with Gasteiger partial charge >= 0.3 is 0 Å². The van der Waals surface area contributed by atoms with E-state index in [-0.39, 0.29) is 11.9 Å². The van der Waals surface area contributed by atoms with Gasteiger partial charge in [0, 0.05) is 10.9 Å². The molecule has 1 heterocycles. The first kappa shape index (κ1) is 14.5. The Bertz CT molecular complexity index is 430. The monoisotopic (exact) mass is 324 g/mol. The molecule has 1 aromatic carbocycles. The SMILES string of the molecule is C[C@H](NC(=O)CC1CCNCC1)c1ccccc1Br. The fourth-order valence-electron chi connectivity index (χ4n) is 2.55. The number of carbonyl (C=O) groups is 1. The predicted octanol–water partition coefficient (Wildman–Crippen LogP) is 3.02. The molecule has 104 valence electrons. The maximum atomic E-state index is 12.1. The fraction of sp³-hybridized carbons (Fsp3) is 0.533. The third kappa shape index (κ3) is 4.32. The molecule has 0 spiro atoms. The number of hydrogen-bond donors (Lipinski definition) is 2. The second-order valence-electron chi connectivity index (χ2n) is 5.21. The quantitative estimate of drug-likeness (QED) is 0.893. The van der Waals surface area contributed by atoms with Crippen molar-refractivity contribution < 1.29 is 4.79 Å². The summed E-state index contributed by atoms with van der Waals surface area (Å²) in [4.78, 5) is 12.1. The highest BCUT2D eigenvalue weighted by Crippen LogP contribution is 2.23. The molecular formula is C15H21BrN2O. The number of rotatable bonds is 4. The van der Waals surface area contributed by atoms with Crippen LogP contribution in [0.15, 0.2) is 28.7 Å². The first-order valence-corrected chi connectivity index (χ1v) is 7.70. The van der Waals surface area contributed by atoms with Gasteiger partial charge in [-0.1, -0.05) is 34.1 Å². The molecule has 1 aliphatic heterocycles. The van der Waals surface area contributed by atoms with Crippen LogP contribution in [-0.2, 0) is 4.79 Å². The van der Waals surface area contributed by atoms with Crippen LogP contribution in [0.2, 0.25) is 0 Å². The van der Waals surface area contributed by atoms with Gasteiger partial charge in [0.2, 0.25) is 5.91 Å². The number of benzene rings is 1. The zero-order chi connectivity index (χ0) is 13.7. The zero-order valence-electron chi connectivity index (χ0n) is 11.3. The highest BCUT2D eigenvalue weighted by molar-refractivity contribution is 9.10. The maximum Gasteiger partial charge on any atom is 0.220 e. The molecule has 1 fully saturated rings. The second-order valence-corrected chi connectivity index (χ2v) is 6.06. The lowest BCUT2D eigenvalue weighted by atomic mass is 9.94. The third-order valence-electron chi connectivity index (χ3n) is 3.68. The van der Waals surface area contributed by atoms with Gasteiger partial charge in [0.1, 0.15) is 0 Å². The Morgan fingerprint density at radius 2 is 2.11 bits per heavy atom. The van der Waals surface area contributed by atoms with Gasteiger partial charge in [-0.05, 0) is 50.4 Å². The van der Waals surface area contributed by atoms with E-state index in [1.807, 2.05) is 31.2 Å². The van der Waals surface area contributed by atoms with E-state index in [1.54, 1.807) is 0 Å². The molecule has 19 heavy (non-hydrogen) atoms. The number of halogens is 1. The molecule has 0 aromatic heterocycles. The summed E-state index contributed by atoms with van der Waals surface area (Å²) < 4.78 is 1.05. The molecule has 1 saturated heterocycles. The maximum absolute atomic E-state index is 12.1. The average molecular weight is 325 g/mol. The topological polar surface area (TPSA) is 41.1 Å². The minimum atomic E-state index is 0.0461. The molecule has 1 atom stereocenters. The van der Waals surface area contributed by atoms with Crippen LogP contribution in [0.25, 0.3) is 0 Å². The van der Waals surface area contributed by atoms with E-state index in [1.165, 1.54) is 0 Å². The van der Waals surface area contributed by atoms with E-state index in [0.29, 0.717) is 12.3 Å². The van der Waals surface area contributed by atoms with Crippen molar-refractivity contribution in [3.8, 4) is 0 Å². The standard InChI is InChI=1S/C15H21BrN2O/c1-11(13-4-2-3-5-14(13)16)18-15(19)10-12-6-8-17-9-7-12/h2-5,11-12,17H,6-10H2,1H3,(H,18,19)/t11-/m0/s1. The van der Waals surface area contributed by atoms with Crippen LogP contribution in [0, 0.1) is 5.92 Å². The van der Waals surface area contributed by atoms with Gasteiger partial charge in [-0.2, -0.15) is 0 Å². The molecular weight excluding hydrogens is 304 g/mol. The lowest BCUT2D eigenvalue weighted by molar-refractivity contribution is -0.122. The third-order valence-corrected chi connectivity index (χ3v) is 4.40. The van der Waals surface area contributed by atoms with Crippen LogP contribution >= 0.6 is 15.9 Å². The van der Waals surface area contributed by atoms with E-state index in [2.05, 4.69) is 26.6 Å². The molecule has 0 saturated carbocycles. The minimum absolute atomic E-state index is 0.0461. The van der Waals surface area contributed by atoms with E-state index >= 15 is 0 Å².